The summed E-state index contributed by atoms with van der Waals surface area (Å²) >= 11 is 0. The number of pyridine rings is 4. The van der Waals surface area contributed by atoms with Gasteiger partial charge in [0.15, 0.2) is 0 Å². The molecule has 0 radical (unpaired) electrons. The molecule has 0 amide bonds. The first kappa shape index (κ1) is 39.3. The Balaban J connectivity index is 0.000000523. The second-order valence-electron chi connectivity index (χ2n) is 8.63. The summed E-state index contributed by atoms with van der Waals surface area (Å²) in [5.41, 5.74) is 2.61. The lowest BCUT2D eigenvalue weighted by atomic mass is 10.2. The summed E-state index contributed by atoms with van der Waals surface area (Å²) < 4.78 is 97.2. The van der Waals surface area contributed by atoms with Crippen LogP contribution in [0.5, 0.6) is 0 Å². The van der Waals surface area contributed by atoms with Gasteiger partial charge in [0.05, 0.1) is 11.9 Å². The maximum atomic E-state index is 12.3. The molecule has 0 aliphatic rings. The molecule has 4 heterocycles. The molecule has 0 unspecified atom stereocenters. The van der Waals surface area contributed by atoms with E-state index in [0.29, 0.717) is 16.7 Å². The minimum atomic E-state index is -0.780. The average molecular weight is 625 g/mol. The number of aromatic nitrogens is 4. The van der Waals surface area contributed by atoms with Crippen molar-refractivity contribution in [3.63, 3.8) is 0 Å². The highest BCUT2D eigenvalue weighted by Gasteiger charge is 1.99. The molecule has 0 spiro atoms. The van der Waals surface area contributed by atoms with E-state index in [9.17, 15) is 35.1 Å². The number of hydrogen-bond acceptors (Lipinski definition) is 4. The number of hydrogen-bond donors (Lipinski definition) is 0. The summed E-state index contributed by atoms with van der Waals surface area (Å²) in [6, 6.07) is 13.2. The molecule has 5 rings (SSSR count). The van der Waals surface area contributed by atoms with Gasteiger partial charge in [-0.3, -0.25) is 4.98 Å². The molecule has 0 fully saturated rings. The maximum absolute atomic E-state index is 12.3. The summed E-state index contributed by atoms with van der Waals surface area (Å²) in [5, 5.41) is 0. The Hall–Kier alpha value is -4.74. The zero-order valence-electron chi connectivity index (χ0n) is 23.8. The zero-order valence-corrected chi connectivity index (χ0v) is 23.8. The fourth-order valence-electron chi connectivity index (χ4n) is 2.45. The lowest BCUT2D eigenvalue weighted by Gasteiger charge is -1.92. The highest BCUT2D eigenvalue weighted by atomic mass is 19.2. The molecule has 5 aromatic rings. The Morgan fingerprint density at radius 3 is 1.50 bits per heavy atom. The molecule has 4 aromatic heterocycles. The first-order valence-corrected chi connectivity index (χ1v) is 12.3. The molecule has 0 aliphatic heterocycles. The number of rotatable bonds is 0. The number of benzene rings is 1. The van der Waals surface area contributed by atoms with Crippen LogP contribution in [0.25, 0.3) is 0 Å². The molecule has 1 aromatic carbocycles. The van der Waals surface area contributed by atoms with Crippen molar-refractivity contribution in [3.05, 3.63) is 154 Å². The molecule has 0 aliphatic carbocycles. The molecule has 236 valence electrons. The third-order valence-corrected chi connectivity index (χ3v) is 4.95. The fourth-order valence-corrected chi connectivity index (χ4v) is 2.45. The van der Waals surface area contributed by atoms with Crippen LogP contribution >= 0.6 is 0 Å². The van der Waals surface area contributed by atoms with E-state index >= 15 is 0 Å². The van der Waals surface area contributed by atoms with Crippen molar-refractivity contribution >= 4 is 0 Å². The van der Waals surface area contributed by atoms with Crippen LogP contribution in [0.1, 0.15) is 35.4 Å². The number of aryl methyl sites for hydroxylation is 5. The predicted molar refractivity (Wildman–Crippen MR) is 153 cm³/mol. The van der Waals surface area contributed by atoms with Gasteiger partial charge in [-0.1, -0.05) is 31.7 Å². The highest BCUT2D eigenvalue weighted by Crippen LogP contribution is 2.07. The van der Waals surface area contributed by atoms with Crippen LogP contribution in [-0.2, 0) is 0 Å². The third kappa shape index (κ3) is 16.0. The lowest BCUT2D eigenvalue weighted by Crippen LogP contribution is -1.89. The zero-order chi connectivity index (χ0) is 32.5. The fraction of sp³-hybridized carbons (Fsp3) is 0.188. The van der Waals surface area contributed by atoms with Crippen molar-refractivity contribution in [1.29, 1.82) is 0 Å². The Bertz CT molecular complexity index is 1410. The Morgan fingerprint density at radius 1 is 0.500 bits per heavy atom. The van der Waals surface area contributed by atoms with Gasteiger partial charge in [-0.25, -0.2) is 27.5 Å². The minimum Gasteiger partial charge on any atom is -0.255 e. The minimum absolute atomic E-state index is 0. The molecule has 0 bridgehead atoms. The number of nitrogens with zero attached hydrogens (tertiary/aromatic N) is 4. The van der Waals surface area contributed by atoms with E-state index in [2.05, 4.69) is 19.9 Å². The Morgan fingerprint density at radius 2 is 1.09 bits per heavy atom. The highest BCUT2D eigenvalue weighted by molar-refractivity contribution is 5.16. The van der Waals surface area contributed by atoms with Crippen molar-refractivity contribution in [2.45, 2.75) is 42.0 Å². The summed E-state index contributed by atoms with van der Waals surface area (Å²) in [4.78, 5) is 13.2. The van der Waals surface area contributed by atoms with Gasteiger partial charge in [-0.15, -0.1) is 0 Å². The normalized spacial score (nSPS) is 9.30. The van der Waals surface area contributed by atoms with Crippen molar-refractivity contribution in [1.82, 2.24) is 19.9 Å². The average Bonchev–Trinajstić information content (AvgIpc) is 2.96. The van der Waals surface area contributed by atoms with Crippen molar-refractivity contribution in [2.75, 3.05) is 0 Å². The van der Waals surface area contributed by atoms with Gasteiger partial charge in [0.1, 0.15) is 23.3 Å². The molecule has 0 N–H and O–H groups in total. The van der Waals surface area contributed by atoms with E-state index in [1.54, 1.807) is 32.0 Å². The quantitative estimate of drug-likeness (QED) is 0.127. The van der Waals surface area contributed by atoms with Gasteiger partial charge in [-0.2, -0.15) is 22.5 Å². The predicted octanol–water partition coefficient (Wildman–Crippen LogP) is 9.30. The first-order valence-electron chi connectivity index (χ1n) is 12.3. The monoisotopic (exact) mass is 624 g/mol. The second-order valence-corrected chi connectivity index (χ2v) is 8.63. The molecule has 0 saturated carbocycles. The Labute approximate surface area is 251 Å². The van der Waals surface area contributed by atoms with E-state index in [-0.39, 0.29) is 19.1 Å². The van der Waals surface area contributed by atoms with Gasteiger partial charge in [0, 0.05) is 35.7 Å². The third-order valence-electron chi connectivity index (χ3n) is 4.95. The molecule has 0 saturated heterocycles. The smallest absolute Gasteiger partial charge is 0.218 e. The molecular formula is C32H32F8N4. The van der Waals surface area contributed by atoms with Crippen LogP contribution in [0.3, 0.4) is 0 Å². The van der Waals surface area contributed by atoms with E-state index in [4.69, 9.17) is 0 Å². The van der Waals surface area contributed by atoms with E-state index in [1.807, 2.05) is 6.92 Å². The van der Waals surface area contributed by atoms with E-state index in [1.165, 1.54) is 50.5 Å². The molecule has 4 nitrogen and oxygen atoms in total. The molecule has 12 heteroatoms. The Kier molecular flexibility index (Phi) is 18.0. The molecule has 0 atom stereocenters. The lowest BCUT2D eigenvalue weighted by molar-refractivity contribution is 0.507. The topological polar surface area (TPSA) is 51.6 Å². The molecular weight excluding hydrogens is 592 g/mol. The summed E-state index contributed by atoms with van der Waals surface area (Å²) in [6.45, 7) is 8.15. The summed E-state index contributed by atoms with van der Waals surface area (Å²) in [5.74, 6) is -4.59. The van der Waals surface area contributed by atoms with Crippen LogP contribution in [-0.4, -0.2) is 19.9 Å². The SMILES string of the molecule is C.Cc1ccc(F)cc1F.Cc1ccc(F)nc1.Cc1ccc(F)nc1F.Cc1cccnc1F.Cc1ncc(F)cc1F. The van der Waals surface area contributed by atoms with Crippen LogP contribution < -0.4 is 0 Å². The van der Waals surface area contributed by atoms with Crippen molar-refractivity contribution in [3.8, 4) is 0 Å². The van der Waals surface area contributed by atoms with Gasteiger partial charge < -0.3 is 0 Å². The first-order chi connectivity index (χ1) is 20.2. The van der Waals surface area contributed by atoms with Gasteiger partial charge in [0.25, 0.3) is 0 Å². The largest absolute Gasteiger partial charge is 0.255 e. The van der Waals surface area contributed by atoms with Crippen molar-refractivity contribution < 1.29 is 35.1 Å². The van der Waals surface area contributed by atoms with Gasteiger partial charge in [-0.05, 0) is 70.0 Å². The maximum Gasteiger partial charge on any atom is 0.218 e. The standard InChI is InChI=1S/C7H6F2.2C6H5F2N.2C6H6FN.CH4/c1-5-2-3-6(8)4-7(5)9;1-4-6(8)2-5(7)3-9-4;1-4-2-3-5(7)9-6(4)8;1-5-2-3-6(7)8-4-5;1-5-3-2-4-8-6(5)7;/h2-4H,1H3;2*2-3H,1H3;2*2-4H,1H3;1H4. The van der Waals surface area contributed by atoms with E-state index in [0.717, 1.165) is 30.0 Å². The van der Waals surface area contributed by atoms with Crippen LogP contribution in [0.15, 0.2) is 79.3 Å². The summed E-state index contributed by atoms with van der Waals surface area (Å²) in [7, 11) is 0. The van der Waals surface area contributed by atoms with Gasteiger partial charge in [0.2, 0.25) is 23.8 Å². The van der Waals surface area contributed by atoms with Crippen LogP contribution in [0, 0.1) is 81.7 Å². The van der Waals surface area contributed by atoms with Crippen molar-refractivity contribution in [2.24, 2.45) is 0 Å². The van der Waals surface area contributed by atoms with Gasteiger partial charge >= 0.3 is 0 Å². The second kappa shape index (κ2) is 20.2. The summed E-state index contributed by atoms with van der Waals surface area (Å²) in [6.07, 6.45) is 3.91. The number of halogens is 8. The van der Waals surface area contributed by atoms with Crippen LogP contribution in [0.4, 0.5) is 35.1 Å². The molecule has 44 heavy (non-hydrogen) atoms. The van der Waals surface area contributed by atoms with Crippen LogP contribution in [0.2, 0.25) is 0 Å². The van der Waals surface area contributed by atoms with E-state index < -0.39 is 41.1 Å².